The lowest BCUT2D eigenvalue weighted by Gasteiger charge is -2.26. The van der Waals surface area contributed by atoms with Gasteiger partial charge in [0.05, 0.1) is 11.7 Å². The largest absolute Gasteiger partial charge is 0.465 e. The second-order valence-electron chi connectivity index (χ2n) is 5.82. The highest BCUT2D eigenvalue weighted by Gasteiger charge is 2.31. The van der Waals surface area contributed by atoms with Crippen molar-refractivity contribution in [2.24, 2.45) is 0 Å². The zero-order valence-electron chi connectivity index (χ0n) is 14.5. The number of amides is 1. The highest BCUT2D eigenvalue weighted by molar-refractivity contribution is 9.10. The maximum atomic E-state index is 12.1. The summed E-state index contributed by atoms with van der Waals surface area (Å²) in [7, 11) is 0. The lowest BCUT2D eigenvalue weighted by molar-refractivity contribution is 0.199. The van der Waals surface area contributed by atoms with Crippen molar-refractivity contribution in [1.82, 2.24) is 15.1 Å². The quantitative estimate of drug-likeness (QED) is 0.658. The molecule has 0 fully saturated rings. The van der Waals surface area contributed by atoms with Crippen LogP contribution in [-0.4, -0.2) is 26.3 Å². The molecule has 3 aromatic heterocycles. The van der Waals surface area contributed by atoms with Gasteiger partial charge >= 0.3 is 6.09 Å². The number of aryl methyl sites for hydroxylation is 2. The minimum atomic E-state index is -1.11. The van der Waals surface area contributed by atoms with E-state index in [1.165, 1.54) is 4.90 Å². The molecule has 1 atom stereocenters. The van der Waals surface area contributed by atoms with Gasteiger partial charge in [0.1, 0.15) is 17.1 Å². The minimum absolute atomic E-state index is 0.316. The average Bonchev–Trinajstić information content (AvgIpc) is 2.99. The van der Waals surface area contributed by atoms with Gasteiger partial charge in [-0.05, 0) is 60.5 Å². The van der Waals surface area contributed by atoms with Crippen LogP contribution in [0.15, 0.2) is 45.7 Å². The van der Waals surface area contributed by atoms with Crippen molar-refractivity contribution in [3.05, 3.63) is 58.1 Å². The summed E-state index contributed by atoms with van der Waals surface area (Å²) >= 11 is 3.41. The normalized spacial score (nSPS) is 12.0. The van der Waals surface area contributed by atoms with E-state index in [0.717, 1.165) is 15.7 Å². The highest BCUT2D eigenvalue weighted by Crippen LogP contribution is 2.38. The Morgan fingerprint density at radius 3 is 2.65 bits per heavy atom. The Morgan fingerprint density at radius 1 is 1.27 bits per heavy atom. The summed E-state index contributed by atoms with van der Waals surface area (Å²) in [6.07, 6.45) is 2.18. The number of nitrogens with zero attached hydrogens (tertiary/aromatic N) is 4. The third-order valence-corrected chi connectivity index (χ3v) is 4.92. The van der Waals surface area contributed by atoms with E-state index in [2.05, 4.69) is 31.1 Å². The lowest BCUT2D eigenvalue weighted by Crippen LogP contribution is -2.33. The predicted molar refractivity (Wildman–Crippen MR) is 100 cm³/mol. The van der Waals surface area contributed by atoms with Crippen LogP contribution in [-0.2, 0) is 0 Å². The van der Waals surface area contributed by atoms with Gasteiger partial charge in [0.15, 0.2) is 0 Å². The molecule has 1 amide bonds. The van der Waals surface area contributed by atoms with Crippen molar-refractivity contribution in [3.8, 4) is 11.5 Å². The number of anilines is 1. The molecule has 8 heteroatoms. The Kier molecular flexibility index (Phi) is 5.03. The predicted octanol–water partition coefficient (Wildman–Crippen LogP) is 4.76. The van der Waals surface area contributed by atoms with E-state index >= 15 is 0 Å². The molecule has 26 heavy (non-hydrogen) atoms. The van der Waals surface area contributed by atoms with Gasteiger partial charge in [-0.1, -0.05) is 11.2 Å². The molecule has 0 aromatic carbocycles. The molecule has 0 bridgehead atoms. The fraction of sp³-hybridized carbons (Fsp3) is 0.222. The number of rotatable bonds is 4. The first kappa shape index (κ1) is 18.1. The number of carbonyl (C=O) groups is 1. The van der Waals surface area contributed by atoms with E-state index in [4.69, 9.17) is 4.52 Å². The van der Waals surface area contributed by atoms with E-state index in [9.17, 15) is 9.90 Å². The lowest BCUT2D eigenvalue weighted by atomic mass is 10.1. The molecular weight excluding hydrogens is 400 g/mol. The maximum absolute atomic E-state index is 12.1. The van der Waals surface area contributed by atoms with Gasteiger partial charge in [-0.3, -0.25) is 9.88 Å². The molecule has 0 aliphatic rings. The van der Waals surface area contributed by atoms with Crippen LogP contribution in [0.25, 0.3) is 11.5 Å². The number of pyridine rings is 2. The van der Waals surface area contributed by atoms with Crippen LogP contribution < -0.4 is 4.90 Å². The van der Waals surface area contributed by atoms with Crippen molar-refractivity contribution >= 4 is 27.7 Å². The Morgan fingerprint density at radius 2 is 2.04 bits per heavy atom. The molecule has 0 spiro atoms. The van der Waals surface area contributed by atoms with Crippen molar-refractivity contribution in [2.75, 3.05) is 4.90 Å². The van der Waals surface area contributed by atoms with Crippen molar-refractivity contribution in [1.29, 1.82) is 0 Å². The summed E-state index contributed by atoms with van der Waals surface area (Å²) in [5.74, 6) is 0.316. The Labute approximate surface area is 158 Å². The first-order valence-corrected chi connectivity index (χ1v) is 8.71. The standard InChI is InChI=1S/C18H17BrN4O3/c1-10-14(19)6-7-15(21-10)17-16(11(2)22-26-17)23(18(24)25)12(3)13-5-4-8-20-9-13/h4-9,12H,1-3H3,(H,24,25)/t12-/m1/s1. The van der Waals surface area contributed by atoms with Crippen LogP contribution in [0.5, 0.6) is 0 Å². The average molecular weight is 417 g/mol. The smallest absolute Gasteiger partial charge is 0.412 e. The highest BCUT2D eigenvalue weighted by atomic mass is 79.9. The van der Waals surface area contributed by atoms with Crippen LogP contribution >= 0.6 is 15.9 Å². The van der Waals surface area contributed by atoms with Crippen molar-refractivity contribution in [3.63, 3.8) is 0 Å². The third kappa shape index (κ3) is 3.32. The number of aromatic nitrogens is 3. The van der Waals surface area contributed by atoms with Gasteiger partial charge in [-0.2, -0.15) is 0 Å². The van der Waals surface area contributed by atoms with E-state index in [1.54, 1.807) is 38.4 Å². The summed E-state index contributed by atoms with van der Waals surface area (Å²) in [4.78, 5) is 21.9. The summed E-state index contributed by atoms with van der Waals surface area (Å²) in [6, 6.07) is 6.73. The molecule has 0 aliphatic carbocycles. The summed E-state index contributed by atoms with van der Waals surface area (Å²) in [6.45, 7) is 5.35. The molecule has 0 radical (unpaired) electrons. The monoisotopic (exact) mass is 416 g/mol. The second-order valence-corrected chi connectivity index (χ2v) is 6.68. The summed E-state index contributed by atoms with van der Waals surface area (Å²) in [5.41, 5.74) is 2.90. The Hall–Kier alpha value is -2.74. The SMILES string of the molecule is Cc1nc(-c2onc(C)c2N(C(=O)O)[C@H](C)c2cccnc2)ccc1Br. The molecule has 3 rings (SSSR count). The summed E-state index contributed by atoms with van der Waals surface area (Å²) < 4.78 is 6.30. The molecule has 3 heterocycles. The van der Waals surface area contributed by atoms with E-state index in [1.807, 2.05) is 19.1 Å². The number of carboxylic acid groups (broad SMARTS) is 1. The molecule has 3 aromatic rings. The summed E-state index contributed by atoms with van der Waals surface area (Å²) in [5, 5.41) is 13.9. The molecule has 0 aliphatic heterocycles. The molecule has 1 N–H and O–H groups in total. The fourth-order valence-electron chi connectivity index (χ4n) is 2.71. The van der Waals surface area contributed by atoms with Gasteiger partial charge in [0.2, 0.25) is 5.76 Å². The first-order chi connectivity index (χ1) is 12.4. The maximum Gasteiger partial charge on any atom is 0.412 e. The number of hydrogen-bond acceptors (Lipinski definition) is 5. The van der Waals surface area contributed by atoms with Gasteiger partial charge in [0, 0.05) is 16.9 Å². The zero-order chi connectivity index (χ0) is 18.8. The van der Waals surface area contributed by atoms with Crippen LogP contribution in [0.1, 0.15) is 29.9 Å². The van der Waals surface area contributed by atoms with Crippen LogP contribution in [0, 0.1) is 13.8 Å². The Balaban J connectivity index is 2.13. The molecular formula is C18H17BrN4O3. The Bertz CT molecular complexity index is 943. The van der Waals surface area contributed by atoms with Gasteiger partial charge in [-0.15, -0.1) is 0 Å². The van der Waals surface area contributed by atoms with Crippen LogP contribution in [0.3, 0.4) is 0 Å². The topological polar surface area (TPSA) is 92.4 Å². The van der Waals surface area contributed by atoms with Gasteiger partial charge < -0.3 is 9.63 Å². The number of hydrogen-bond donors (Lipinski definition) is 1. The van der Waals surface area contributed by atoms with Crippen LogP contribution in [0.2, 0.25) is 0 Å². The van der Waals surface area contributed by atoms with E-state index < -0.39 is 12.1 Å². The first-order valence-electron chi connectivity index (χ1n) is 7.92. The number of halogens is 1. The molecule has 7 nitrogen and oxygen atoms in total. The molecule has 0 saturated heterocycles. The fourth-order valence-corrected chi connectivity index (χ4v) is 2.94. The minimum Gasteiger partial charge on any atom is -0.465 e. The van der Waals surface area contributed by atoms with Gasteiger partial charge in [-0.25, -0.2) is 9.78 Å². The molecule has 134 valence electrons. The van der Waals surface area contributed by atoms with E-state index in [-0.39, 0.29) is 0 Å². The molecule has 0 unspecified atom stereocenters. The van der Waals surface area contributed by atoms with Crippen molar-refractivity contribution < 1.29 is 14.4 Å². The van der Waals surface area contributed by atoms with Gasteiger partial charge in [0.25, 0.3) is 0 Å². The van der Waals surface area contributed by atoms with Crippen molar-refractivity contribution in [2.45, 2.75) is 26.8 Å². The third-order valence-electron chi connectivity index (χ3n) is 4.09. The zero-order valence-corrected chi connectivity index (χ0v) is 16.1. The van der Waals surface area contributed by atoms with Crippen LogP contribution in [0.4, 0.5) is 10.5 Å². The molecule has 0 saturated carbocycles. The van der Waals surface area contributed by atoms with E-state index in [0.29, 0.717) is 22.8 Å². The second kappa shape index (κ2) is 7.25.